The summed E-state index contributed by atoms with van der Waals surface area (Å²) in [6.07, 6.45) is 3.69. The van der Waals surface area contributed by atoms with E-state index in [1.165, 1.54) is 5.56 Å². The second-order valence-electron chi connectivity index (χ2n) is 4.64. The van der Waals surface area contributed by atoms with E-state index >= 15 is 0 Å². The van der Waals surface area contributed by atoms with Crippen LogP contribution in [0.5, 0.6) is 0 Å². The molecule has 5 heteroatoms. The van der Waals surface area contributed by atoms with Crippen LogP contribution in [0.3, 0.4) is 0 Å². The van der Waals surface area contributed by atoms with Gasteiger partial charge >= 0.3 is 0 Å². The van der Waals surface area contributed by atoms with Gasteiger partial charge in [-0.25, -0.2) is 0 Å². The number of benzene rings is 1. The van der Waals surface area contributed by atoms with Gasteiger partial charge in [0.25, 0.3) is 0 Å². The third-order valence-electron chi connectivity index (χ3n) is 3.20. The standard InChI is InChI=1S/C15H17Br2N3/c1-2-10-3-4-14(19-9-10)8-15(20-18)11-5-12(16)7-13(17)6-11/h3-7,9,15,20H,2,8,18H2,1H3. The number of hydrogen-bond donors (Lipinski definition) is 2. The van der Waals surface area contributed by atoms with E-state index in [-0.39, 0.29) is 6.04 Å². The van der Waals surface area contributed by atoms with Gasteiger partial charge in [0.15, 0.2) is 0 Å². The third kappa shape index (κ3) is 4.12. The molecule has 0 bridgehead atoms. The summed E-state index contributed by atoms with van der Waals surface area (Å²) in [4.78, 5) is 4.49. The number of halogens is 2. The highest BCUT2D eigenvalue weighted by Crippen LogP contribution is 2.25. The molecule has 1 unspecified atom stereocenters. The molecule has 0 aliphatic rings. The van der Waals surface area contributed by atoms with Crippen LogP contribution in [0.2, 0.25) is 0 Å². The fraction of sp³-hybridized carbons (Fsp3) is 0.267. The Labute approximate surface area is 136 Å². The molecular weight excluding hydrogens is 382 g/mol. The van der Waals surface area contributed by atoms with Crippen molar-refractivity contribution in [3.05, 3.63) is 62.3 Å². The van der Waals surface area contributed by atoms with Crippen molar-refractivity contribution in [1.82, 2.24) is 10.4 Å². The summed E-state index contributed by atoms with van der Waals surface area (Å²) in [6, 6.07) is 10.4. The average Bonchev–Trinajstić information content (AvgIpc) is 2.44. The van der Waals surface area contributed by atoms with E-state index in [0.717, 1.165) is 33.0 Å². The largest absolute Gasteiger partial charge is 0.271 e. The molecule has 0 aliphatic carbocycles. The molecule has 1 aromatic carbocycles. The number of nitrogens with one attached hydrogen (secondary N) is 1. The molecule has 20 heavy (non-hydrogen) atoms. The molecule has 1 heterocycles. The smallest absolute Gasteiger partial charge is 0.0516 e. The van der Waals surface area contributed by atoms with E-state index in [1.54, 1.807) is 0 Å². The monoisotopic (exact) mass is 397 g/mol. The van der Waals surface area contributed by atoms with Crippen molar-refractivity contribution >= 4 is 31.9 Å². The number of hydrogen-bond acceptors (Lipinski definition) is 3. The zero-order valence-corrected chi connectivity index (χ0v) is 14.4. The van der Waals surface area contributed by atoms with Gasteiger partial charge in [-0.05, 0) is 41.8 Å². The molecule has 3 nitrogen and oxygen atoms in total. The van der Waals surface area contributed by atoms with E-state index in [4.69, 9.17) is 5.84 Å². The summed E-state index contributed by atoms with van der Waals surface area (Å²) in [5, 5.41) is 0. The van der Waals surface area contributed by atoms with Crippen molar-refractivity contribution in [2.24, 2.45) is 5.84 Å². The molecule has 106 valence electrons. The quantitative estimate of drug-likeness (QED) is 0.592. The van der Waals surface area contributed by atoms with E-state index in [2.05, 4.69) is 73.5 Å². The van der Waals surface area contributed by atoms with Crippen LogP contribution < -0.4 is 11.3 Å². The van der Waals surface area contributed by atoms with Crippen molar-refractivity contribution in [1.29, 1.82) is 0 Å². The van der Waals surface area contributed by atoms with Gasteiger partial charge in [0.1, 0.15) is 0 Å². The van der Waals surface area contributed by atoms with Gasteiger partial charge in [-0.15, -0.1) is 0 Å². The van der Waals surface area contributed by atoms with Gasteiger partial charge in [-0.1, -0.05) is 44.8 Å². The zero-order chi connectivity index (χ0) is 14.5. The molecule has 0 aliphatic heterocycles. The summed E-state index contributed by atoms with van der Waals surface area (Å²) in [7, 11) is 0. The molecule has 1 atom stereocenters. The van der Waals surface area contributed by atoms with Crippen molar-refractivity contribution in [3.63, 3.8) is 0 Å². The van der Waals surface area contributed by atoms with E-state index in [1.807, 2.05) is 12.3 Å². The SMILES string of the molecule is CCc1ccc(CC(NN)c2cc(Br)cc(Br)c2)nc1. The first-order valence-electron chi connectivity index (χ1n) is 6.48. The zero-order valence-electron chi connectivity index (χ0n) is 11.2. The van der Waals surface area contributed by atoms with Gasteiger partial charge in [-0.2, -0.15) is 0 Å². The van der Waals surface area contributed by atoms with Gasteiger partial charge in [0.2, 0.25) is 0 Å². The van der Waals surface area contributed by atoms with E-state index in [0.29, 0.717) is 0 Å². The van der Waals surface area contributed by atoms with Crippen LogP contribution in [-0.4, -0.2) is 4.98 Å². The summed E-state index contributed by atoms with van der Waals surface area (Å²) in [6.45, 7) is 2.12. The normalized spacial score (nSPS) is 12.4. The number of aromatic nitrogens is 1. The van der Waals surface area contributed by atoms with E-state index in [9.17, 15) is 0 Å². The van der Waals surface area contributed by atoms with Crippen molar-refractivity contribution in [2.45, 2.75) is 25.8 Å². The summed E-state index contributed by atoms with van der Waals surface area (Å²) in [5.74, 6) is 5.70. The second-order valence-corrected chi connectivity index (χ2v) is 6.47. The number of aryl methyl sites for hydroxylation is 1. The summed E-state index contributed by atoms with van der Waals surface area (Å²) < 4.78 is 2.05. The number of rotatable bonds is 5. The fourth-order valence-corrected chi connectivity index (χ4v) is 3.37. The van der Waals surface area contributed by atoms with Crippen LogP contribution in [-0.2, 0) is 12.8 Å². The predicted molar refractivity (Wildman–Crippen MR) is 89.2 cm³/mol. The van der Waals surface area contributed by atoms with Crippen molar-refractivity contribution < 1.29 is 0 Å². The Bertz CT molecular complexity index is 550. The topological polar surface area (TPSA) is 50.9 Å². The molecule has 2 rings (SSSR count). The van der Waals surface area contributed by atoms with Gasteiger partial charge in [-0.3, -0.25) is 16.3 Å². The second kappa shape index (κ2) is 7.31. The highest BCUT2D eigenvalue weighted by molar-refractivity contribution is 9.11. The Morgan fingerprint density at radius 3 is 2.40 bits per heavy atom. The predicted octanol–water partition coefficient (Wildman–Crippen LogP) is 3.92. The van der Waals surface area contributed by atoms with Crippen molar-refractivity contribution in [3.8, 4) is 0 Å². The molecule has 0 saturated carbocycles. The Balaban J connectivity index is 2.19. The molecule has 3 N–H and O–H groups in total. The Kier molecular flexibility index (Phi) is 5.72. The maximum absolute atomic E-state index is 5.70. The lowest BCUT2D eigenvalue weighted by molar-refractivity contribution is 0.545. The molecule has 0 spiro atoms. The maximum Gasteiger partial charge on any atom is 0.0516 e. The van der Waals surface area contributed by atoms with Crippen LogP contribution >= 0.6 is 31.9 Å². The van der Waals surface area contributed by atoms with Crippen LogP contribution in [0.15, 0.2) is 45.5 Å². The summed E-state index contributed by atoms with van der Waals surface area (Å²) >= 11 is 7.00. The number of nitrogens with two attached hydrogens (primary N) is 1. The minimum atomic E-state index is 0.0313. The first-order chi connectivity index (χ1) is 9.62. The molecule has 0 saturated heterocycles. The minimum absolute atomic E-state index is 0.0313. The Hall–Kier alpha value is -0.750. The van der Waals surface area contributed by atoms with Crippen LogP contribution in [0.25, 0.3) is 0 Å². The highest BCUT2D eigenvalue weighted by atomic mass is 79.9. The lowest BCUT2D eigenvalue weighted by Crippen LogP contribution is -2.29. The van der Waals surface area contributed by atoms with Gasteiger partial charge in [0.05, 0.1) is 6.04 Å². The molecule has 0 radical (unpaired) electrons. The van der Waals surface area contributed by atoms with Gasteiger partial charge in [0, 0.05) is 27.3 Å². The molecule has 1 aromatic heterocycles. The number of pyridine rings is 1. The number of nitrogens with zero attached hydrogens (tertiary/aromatic N) is 1. The highest BCUT2D eigenvalue weighted by Gasteiger charge is 2.12. The van der Waals surface area contributed by atoms with Crippen molar-refractivity contribution in [2.75, 3.05) is 0 Å². The Morgan fingerprint density at radius 1 is 1.20 bits per heavy atom. The van der Waals surface area contributed by atoms with Crippen LogP contribution in [0.4, 0.5) is 0 Å². The fourth-order valence-electron chi connectivity index (χ4n) is 2.04. The lowest BCUT2D eigenvalue weighted by atomic mass is 10.0. The molecule has 2 aromatic rings. The lowest BCUT2D eigenvalue weighted by Gasteiger charge is -2.17. The molecular formula is C15H17Br2N3. The molecule has 0 amide bonds. The average molecular weight is 399 g/mol. The Morgan fingerprint density at radius 2 is 1.90 bits per heavy atom. The minimum Gasteiger partial charge on any atom is -0.271 e. The number of hydrazine groups is 1. The van der Waals surface area contributed by atoms with E-state index < -0.39 is 0 Å². The van der Waals surface area contributed by atoms with Gasteiger partial charge < -0.3 is 0 Å². The van der Waals surface area contributed by atoms with Crippen LogP contribution in [0.1, 0.15) is 29.8 Å². The first kappa shape index (κ1) is 15.6. The molecule has 0 fully saturated rings. The third-order valence-corrected chi connectivity index (χ3v) is 4.11. The van der Waals surface area contributed by atoms with Crippen LogP contribution in [0, 0.1) is 0 Å². The maximum atomic E-state index is 5.70. The summed E-state index contributed by atoms with van der Waals surface area (Å²) in [5.41, 5.74) is 6.26. The first-order valence-corrected chi connectivity index (χ1v) is 8.07.